The van der Waals surface area contributed by atoms with Gasteiger partial charge in [-0.3, -0.25) is 14.9 Å². The molecular formula is C12H16FN3O3. The number of anilines is 1. The summed E-state index contributed by atoms with van der Waals surface area (Å²) >= 11 is 0. The van der Waals surface area contributed by atoms with Crippen LogP contribution in [0.25, 0.3) is 0 Å². The molecule has 0 aliphatic heterocycles. The van der Waals surface area contributed by atoms with E-state index in [4.69, 9.17) is 0 Å². The van der Waals surface area contributed by atoms with Crippen LogP contribution in [0.4, 0.5) is 15.8 Å². The van der Waals surface area contributed by atoms with Gasteiger partial charge in [0.25, 0.3) is 11.6 Å². The number of hydrogen-bond acceptors (Lipinski definition) is 4. The third-order valence-corrected chi connectivity index (χ3v) is 2.79. The zero-order valence-electron chi connectivity index (χ0n) is 11.0. The van der Waals surface area contributed by atoms with Crippen LogP contribution in [0.3, 0.4) is 0 Å². The van der Waals surface area contributed by atoms with E-state index in [9.17, 15) is 19.3 Å². The molecule has 0 radical (unpaired) electrons. The van der Waals surface area contributed by atoms with Gasteiger partial charge in [-0.05, 0) is 19.4 Å². The molecule has 0 saturated heterocycles. The number of amides is 1. The number of nitrogens with zero attached hydrogens (tertiary/aromatic N) is 1. The van der Waals surface area contributed by atoms with E-state index >= 15 is 0 Å². The van der Waals surface area contributed by atoms with Gasteiger partial charge in [-0.2, -0.15) is 0 Å². The fourth-order valence-corrected chi connectivity index (χ4v) is 1.49. The Morgan fingerprint density at radius 2 is 2.16 bits per heavy atom. The molecule has 0 fully saturated rings. The van der Waals surface area contributed by atoms with Gasteiger partial charge >= 0.3 is 0 Å². The summed E-state index contributed by atoms with van der Waals surface area (Å²) in [5.74, 6) is -1.35. The molecule has 0 bridgehead atoms. The Kier molecular flexibility index (Phi) is 4.80. The number of nitrogens with one attached hydrogen (secondary N) is 2. The first kappa shape index (κ1) is 14.9. The third kappa shape index (κ3) is 3.40. The van der Waals surface area contributed by atoms with Crippen molar-refractivity contribution in [1.82, 2.24) is 5.32 Å². The highest BCUT2D eigenvalue weighted by Crippen LogP contribution is 2.26. The minimum atomic E-state index is -0.770. The van der Waals surface area contributed by atoms with Crippen LogP contribution < -0.4 is 10.6 Å². The SMILES string of the molecule is CCC(C)NC(=O)c1cc(NC)c(F)cc1[N+](=O)[O-]. The summed E-state index contributed by atoms with van der Waals surface area (Å²) in [5.41, 5.74) is -0.659. The summed E-state index contributed by atoms with van der Waals surface area (Å²) in [6.07, 6.45) is 0.694. The zero-order chi connectivity index (χ0) is 14.6. The minimum absolute atomic E-state index is 0.0416. The van der Waals surface area contributed by atoms with Gasteiger partial charge in [0.05, 0.1) is 16.7 Å². The highest BCUT2D eigenvalue weighted by molar-refractivity contribution is 5.99. The number of hydrogen-bond donors (Lipinski definition) is 2. The molecule has 6 nitrogen and oxygen atoms in total. The third-order valence-electron chi connectivity index (χ3n) is 2.79. The topological polar surface area (TPSA) is 84.3 Å². The number of rotatable bonds is 5. The smallest absolute Gasteiger partial charge is 0.285 e. The summed E-state index contributed by atoms with van der Waals surface area (Å²) in [6, 6.07) is 1.78. The van der Waals surface area contributed by atoms with Crippen LogP contribution in [0, 0.1) is 15.9 Å². The van der Waals surface area contributed by atoms with Crippen LogP contribution in [-0.4, -0.2) is 23.9 Å². The van der Waals surface area contributed by atoms with Crippen molar-refractivity contribution in [2.75, 3.05) is 12.4 Å². The normalized spacial score (nSPS) is 11.8. The molecule has 0 saturated carbocycles. The molecule has 19 heavy (non-hydrogen) atoms. The fraction of sp³-hybridized carbons (Fsp3) is 0.417. The van der Waals surface area contributed by atoms with E-state index in [-0.39, 0.29) is 17.3 Å². The largest absolute Gasteiger partial charge is 0.386 e. The highest BCUT2D eigenvalue weighted by Gasteiger charge is 2.24. The van der Waals surface area contributed by atoms with Crippen molar-refractivity contribution in [2.24, 2.45) is 0 Å². The standard InChI is InChI=1S/C12H16FN3O3/c1-4-7(2)15-12(17)8-5-10(14-3)9(13)6-11(8)16(18)19/h5-7,14H,4H2,1-3H3,(H,15,17). The molecular weight excluding hydrogens is 253 g/mol. The number of carbonyl (C=O) groups excluding carboxylic acids is 1. The van der Waals surface area contributed by atoms with Gasteiger partial charge in [0, 0.05) is 13.1 Å². The van der Waals surface area contributed by atoms with Crippen molar-refractivity contribution in [3.63, 3.8) is 0 Å². The number of benzene rings is 1. The monoisotopic (exact) mass is 269 g/mol. The Morgan fingerprint density at radius 3 is 2.63 bits per heavy atom. The van der Waals surface area contributed by atoms with Gasteiger partial charge in [0.1, 0.15) is 5.56 Å². The van der Waals surface area contributed by atoms with E-state index in [1.807, 2.05) is 6.92 Å². The van der Waals surface area contributed by atoms with Crippen molar-refractivity contribution < 1.29 is 14.1 Å². The highest BCUT2D eigenvalue weighted by atomic mass is 19.1. The van der Waals surface area contributed by atoms with E-state index in [2.05, 4.69) is 10.6 Å². The Bertz CT molecular complexity index is 505. The Labute approximate surface area is 110 Å². The predicted octanol–water partition coefficient (Wildman–Crippen LogP) is 2.30. The molecule has 1 amide bonds. The van der Waals surface area contributed by atoms with Crippen molar-refractivity contribution >= 4 is 17.3 Å². The second-order valence-corrected chi connectivity index (χ2v) is 4.14. The number of carbonyl (C=O) groups is 1. The second kappa shape index (κ2) is 6.12. The number of nitro benzene ring substituents is 1. The molecule has 1 unspecified atom stereocenters. The fourth-order valence-electron chi connectivity index (χ4n) is 1.49. The van der Waals surface area contributed by atoms with Crippen molar-refractivity contribution in [3.8, 4) is 0 Å². The van der Waals surface area contributed by atoms with Gasteiger partial charge in [0.15, 0.2) is 5.82 Å². The molecule has 1 aromatic rings. The van der Waals surface area contributed by atoms with Crippen LogP contribution in [0.1, 0.15) is 30.6 Å². The maximum absolute atomic E-state index is 13.5. The average Bonchev–Trinajstić information content (AvgIpc) is 2.37. The first-order valence-electron chi connectivity index (χ1n) is 5.87. The molecule has 1 aromatic carbocycles. The summed E-state index contributed by atoms with van der Waals surface area (Å²) in [7, 11) is 1.47. The molecule has 0 aromatic heterocycles. The van der Waals surface area contributed by atoms with E-state index in [1.165, 1.54) is 7.05 Å². The molecule has 1 atom stereocenters. The van der Waals surface area contributed by atoms with E-state index in [0.29, 0.717) is 6.42 Å². The van der Waals surface area contributed by atoms with Crippen molar-refractivity contribution in [1.29, 1.82) is 0 Å². The number of halogens is 1. The van der Waals surface area contributed by atoms with E-state index in [1.54, 1.807) is 6.92 Å². The quantitative estimate of drug-likeness (QED) is 0.634. The molecule has 0 heterocycles. The lowest BCUT2D eigenvalue weighted by Crippen LogP contribution is -2.32. The lowest BCUT2D eigenvalue weighted by molar-refractivity contribution is -0.385. The van der Waals surface area contributed by atoms with Crippen LogP contribution in [0.15, 0.2) is 12.1 Å². The molecule has 0 aliphatic carbocycles. The minimum Gasteiger partial charge on any atom is -0.386 e. The average molecular weight is 269 g/mol. The maximum atomic E-state index is 13.5. The van der Waals surface area contributed by atoms with Crippen LogP contribution in [0.5, 0.6) is 0 Å². The van der Waals surface area contributed by atoms with E-state index in [0.717, 1.165) is 12.1 Å². The Hall–Kier alpha value is -2.18. The van der Waals surface area contributed by atoms with Crippen LogP contribution >= 0.6 is 0 Å². The van der Waals surface area contributed by atoms with Crippen molar-refractivity contribution in [2.45, 2.75) is 26.3 Å². The Balaban J connectivity index is 3.23. The molecule has 1 rings (SSSR count). The van der Waals surface area contributed by atoms with Gasteiger partial charge in [-0.15, -0.1) is 0 Å². The molecule has 2 N–H and O–H groups in total. The van der Waals surface area contributed by atoms with E-state index < -0.39 is 22.3 Å². The maximum Gasteiger partial charge on any atom is 0.285 e. The summed E-state index contributed by atoms with van der Waals surface area (Å²) < 4.78 is 13.5. The molecule has 104 valence electrons. The molecule has 0 aliphatic rings. The van der Waals surface area contributed by atoms with Crippen molar-refractivity contribution in [3.05, 3.63) is 33.6 Å². The second-order valence-electron chi connectivity index (χ2n) is 4.14. The lowest BCUT2D eigenvalue weighted by Gasteiger charge is -2.12. The van der Waals surface area contributed by atoms with Gasteiger partial charge in [-0.25, -0.2) is 4.39 Å². The number of nitro groups is 1. The predicted molar refractivity (Wildman–Crippen MR) is 69.8 cm³/mol. The molecule has 7 heteroatoms. The van der Waals surface area contributed by atoms with Gasteiger partial charge in [0.2, 0.25) is 0 Å². The summed E-state index contributed by atoms with van der Waals surface area (Å²) in [6.45, 7) is 3.66. The first-order valence-corrected chi connectivity index (χ1v) is 5.87. The Morgan fingerprint density at radius 1 is 1.53 bits per heavy atom. The van der Waals surface area contributed by atoms with Crippen LogP contribution in [-0.2, 0) is 0 Å². The summed E-state index contributed by atoms with van der Waals surface area (Å²) in [5, 5.41) is 16.0. The molecule has 0 spiro atoms. The van der Waals surface area contributed by atoms with Gasteiger partial charge in [-0.1, -0.05) is 6.92 Å². The lowest BCUT2D eigenvalue weighted by atomic mass is 10.1. The zero-order valence-corrected chi connectivity index (χ0v) is 11.0. The van der Waals surface area contributed by atoms with Gasteiger partial charge < -0.3 is 10.6 Å². The first-order chi connectivity index (χ1) is 8.90. The summed E-state index contributed by atoms with van der Waals surface area (Å²) in [4.78, 5) is 22.1. The van der Waals surface area contributed by atoms with Crippen LogP contribution in [0.2, 0.25) is 0 Å².